The number of ether oxygens (including phenoxy) is 2. The van der Waals surface area contributed by atoms with Crippen molar-refractivity contribution < 1.29 is 14.3 Å². The van der Waals surface area contributed by atoms with E-state index in [9.17, 15) is 4.79 Å². The topological polar surface area (TPSA) is 63.2 Å². The van der Waals surface area contributed by atoms with Gasteiger partial charge in [-0.05, 0) is 78.6 Å². The molecule has 0 aliphatic carbocycles. The van der Waals surface area contributed by atoms with Gasteiger partial charge in [0.05, 0.1) is 14.2 Å². The quantitative estimate of drug-likeness (QED) is 0.367. The number of nitrogens with one attached hydrogen (secondary N) is 1. The zero-order chi connectivity index (χ0) is 23.5. The van der Waals surface area contributed by atoms with Crippen molar-refractivity contribution in [3.05, 3.63) is 53.7 Å². The van der Waals surface area contributed by atoms with E-state index in [0.29, 0.717) is 13.2 Å². The maximum atomic E-state index is 12.4. The number of methoxy groups -OCH3 is 2. The molecular formula is C27H35N3O3. The Hall–Kier alpha value is -3.28. The van der Waals surface area contributed by atoms with Gasteiger partial charge >= 0.3 is 0 Å². The van der Waals surface area contributed by atoms with Crippen LogP contribution in [0.15, 0.2) is 47.6 Å². The summed E-state index contributed by atoms with van der Waals surface area (Å²) in [5.41, 5.74) is 2.22. The molecule has 0 saturated carbocycles. The number of allylic oxidation sites excluding steroid dienone is 1. The lowest BCUT2D eigenvalue weighted by Gasteiger charge is -2.19. The van der Waals surface area contributed by atoms with E-state index in [4.69, 9.17) is 9.47 Å². The number of carbonyl (C=O) groups is 1. The molecule has 2 aromatic carbocycles. The zero-order valence-corrected chi connectivity index (χ0v) is 20.0. The van der Waals surface area contributed by atoms with Crippen LogP contribution in [0.3, 0.4) is 0 Å². The van der Waals surface area contributed by atoms with Gasteiger partial charge in [-0.2, -0.15) is 0 Å². The first-order chi connectivity index (χ1) is 16.2. The van der Waals surface area contributed by atoms with Crippen LogP contribution < -0.4 is 14.8 Å². The SMILES string of the molecule is CCCCc1c(/C=C/C(=O)NCCCCN2C=CC=NC2)cc(OC)c2ccc(OC)cc12. The predicted octanol–water partition coefficient (Wildman–Crippen LogP) is 4.97. The van der Waals surface area contributed by atoms with Crippen LogP contribution in [-0.2, 0) is 11.2 Å². The van der Waals surface area contributed by atoms with Gasteiger partial charge < -0.3 is 19.7 Å². The zero-order valence-electron chi connectivity index (χ0n) is 20.0. The first-order valence-corrected chi connectivity index (χ1v) is 11.7. The molecule has 6 heteroatoms. The third kappa shape index (κ3) is 6.85. The molecule has 176 valence electrons. The van der Waals surface area contributed by atoms with Gasteiger partial charge in [0.2, 0.25) is 5.91 Å². The lowest BCUT2D eigenvalue weighted by Crippen LogP contribution is -2.24. The molecule has 0 unspecified atom stereocenters. The summed E-state index contributed by atoms with van der Waals surface area (Å²) in [5.74, 6) is 1.53. The first kappa shape index (κ1) is 24.4. The van der Waals surface area contributed by atoms with Gasteiger partial charge in [0.15, 0.2) is 0 Å². The average molecular weight is 450 g/mol. The van der Waals surface area contributed by atoms with Gasteiger partial charge in [-0.25, -0.2) is 0 Å². The van der Waals surface area contributed by atoms with Crippen LogP contribution in [0, 0.1) is 0 Å². The molecule has 33 heavy (non-hydrogen) atoms. The number of aliphatic imine (C=N–C) groups is 1. The molecule has 0 atom stereocenters. The van der Waals surface area contributed by atoms with Crippen LogP contribution in [0.5, 0.6) is 11.5 Å². The molecule has 1 N–H and O–H groups in total. The third-order valence-electron chi connectivity index (χ3n) is 5.79. The Labute approximate surface area is 197 Å². The summed E-state index contributed by atoms with van der Waals surface area (Å²) >= 11 is 0. The monoisotopic (exact) mass is 449 g/mol. The Balaban J connectivity index is 1.67. The molecule has 0 aromatic heterocycles. The molecule has 3 rings (SSSR count). The largest absolute Gasteiger partial charge is 0.497 e. The Morgan fingerprint density at radius 1 is 1.15 bits per heavy atom. The second-order valence-electron chi connectivity index (χ2n) is 8.12. The standard InChI is InChI=1S/C27H35N3O3/c1-4-5-9-23-21(18-26(33-3)24-12-11-22(32-2)19-25(23)24)10-13-27(31)29-15-6-7-16-30-17-8-14-28-20-30/h8,10-14,17-19H,4-7,9,15-16,20H2,1-3H3,(H,29,31)/b13-10+. The van der Waals surface area contributed by atoms with Gasteiger partial charge in [-0.15, -0.1) is 0 Å². The molecule has 1 aliphatic heterocycles. The van der Waals surface area contributed by atoms with Crippen molar-refractivity contribution in [3.63, 3.8) is 0 Å². The Kier molecular flexibility index (Phi) is 9.36. The fourth-order valence-electron chi connectivity index (χ4n) is 3.97. The number of aryl methyl sites for hydroxylation is 1. The Bertz CT molecular complexity index is 1030. The van der Waals surface area contributed by atoms with Gasteiger partial charge in [-0.3, -0.25) is 9.79 Å². The fourth-order valence-corrected chi connectivity index (χ4v) is 3.97. The Morgan fingerprint density at radius 2 is 2.03 bits per heavy atom. The number of carbonyl (C=O) groups excluding carboxylic acids is 1. The van der Waals surface area contributed by atoms with Crippen molar-refractivity contribution in [2.45, 2.75) is 39.0 Å². The molecule has 0 fully saturated rings. The van der Waals surface area contributed by atoms with Crippen molar-refractivity contribution in [1.29, 1.82) is 0 Å². The predicted molar refractivity (Wildman–Crippen MR) is 136 cm³/mol. The van der Waals surface area contributed by atoms with E-state index >= 15 is 0 Å². The Morgan fingerprint density at radius 3 is 2.76 bits per heavy atom. The minimum atomic E-state index is -0.0800. The van der Waals surface area contributed by atoms with Crippen molar-refractivity contribution in [2.24, 2.45) is 4.99 Å². The molecule has 0 radical (unpaired) electrons. The van der Waals surface area contributed by atoms with Gasteiger partial charge in [0, 0.05) is 37.0 Å². The van der Waals surface area contributed by atoms with E-state index in [0.717, 1.165) is 66.5 Å². The molecule has 0 saturated heterocycles. The van der Waals surface area contributed by atoms with E-state index in [-0.39, 0.29) is 5.91 Å². The van der Waals surface area contributed by atoms with E-state index < -0.39 is 0 Å². The average Bonchev–Trinajstić information content (AvgIpc) is 2.86. The highest BCUT2D eigenvalue weighted by molar-refractivity contribution is 5.97. The first-order valence-electron chi connectivity index (χ1n) is 11.7. The highest BCUT2D eigenvalue weighted by atomic mass is 16.5. The van der Waals surface area contributed by atoms with Crippen LogP contribution in [0.25, 0.3) is 16.8 Å². The number of nitrogens with zero attached hydrogens (tertiary/aromatic N) is 2. The second kappa shape index (κ2) is 12.7. The summed E-state index contributed by atoms with van der Waals surface area (Å²) in [4.78, 5) is 18.8. The molecule has 1 aliphatic rings. The number of benzene rings is 2. The lowest BCUT2D eigenvalue weighted by atomic mass is 9.93. The summed E-state index contributed by atoms with van der Waals surface area (Å²) in [6.45, 7) is 4.50. The van der Waals surface area contributed by atoms with Crippen molar-refractivity contribution in [2.75, 3.05) is 34.0 Å². The fraction of sp³-hybridized carbons (Fsp3) is 0.407. The van der Waals surface area contributed by atoms with E-state index in [1.165, 1.54) is 5.56 Å². The molecule has 0 spiro atoms. The minimum Gasteiger partial charge on any atom is -0.497 e. The molecule has 6 nitrogen and oxygen atoms in total. The second-order valence-corrected chi connectivity index (χ2v) is 8.12. The highest BCUT2D eigenvalue weighted by Gasteiger charge is 2.13. The van der Waals surface area contributed by atoms with Gasteiger partial charge in [0.25, 0.3) is 0 Å². The molecule has 1 heterocycles. The number of fused-ring (bicyclic) bond motifs is 1. The van der Waals surface area contributed by atoms with Crippen LogP contribution in [0.2, 0.25) is 0 Å². The van der Waals surface area contributed by atoms with E-state index in [1.807, 2.05) is 36.6 Å². The van der Waals surface area contributed by atoms with Crippen molar-refractivity contribution >= 4 is 29.0 Å². The normalized spacial score (nSPS) is 13.1. The number of hydrogen-bond acceptors (Lipinski definition) is 5. The summed E-state index contributed by atoms with van der Waals surface area (Å²) < 4.78 is 11.1. The summed E-state index contributed by atoms with van der Waals surface area (Å²) in [5, 5.41) is 5.16. The van der Waals surface area contributed by atoms with Crippen LogP contribution in [-0.4, -0.2) is 51.0 Å². The number of hydrogen-bond donors (Lipinski definition) is 1. The third-order valence-corrected chi connectivity index (χ3v) is 5.79. The molecule has 0 bridgehead atoms. The van der Waals surface area contributed by atoms with Crippen molar-refractivity contribution in [1.82, 2.24) is 10.2 Å². The molecule has 2 aromatic rings. The summed E-state index contributed by atoms with van der Waals surface area (Å²) in [6, 6.07) is 8.07. The van der Waals surface area contributed by atoms with Gasteiger partial charge in [0.1, 0.15) is 18.2 Å². The maximum Gasteiger partial charge on any atom is 0.243 e. The van der Waals surface area contributed by atoms with E-state index in [2.05, 4.69) is 34.4 Å². The van der Waals surface area contributed by atoms with E-state index in [1.54, 1.807) is 20.3 Å². The minimum absolute atomic E-state index is 0.0800. The summed E-state index contributed by atoms with van der Waals surface area (Å²) in [6.07, 6.45) is 14.4. The summed E-state index contributed by atoms with van der Waals surface area (Å²) in [7, 11) is 3.35. The molecule has 1 amide bonds. The number of amides is 1. The number of rotatable bonds is 12. The van der Waals surface area contributed by atoms with Crippen LogP contribution in [0.4, 0.5) is 0 Å². The van der Waals surface area contributed by atoms with Crippen LogP contribution >= 0.6 is 0 Å². The lowest BCUT2D eigenvalue weighted by molar-refractivity contribution is -0.116. The smallest absolute Gasteiger partial charge is 0.243 e. The molecular weight excluding hydrogens is 414 g/mol. The van der Waals surface area contributed by atoms with Gasteiger partial charge in [-0.1, -0.05) is 13.3 Å². The maximum absolute atomic E-state index is 12.4. The number of unbranched alkanes of at least 4 members (excludes halogenated alkanes) is 2. The van der Waals surface area contributed by atoms with Crippen LogP contribution in [0.1, 0.15) is 43.7 Å². The highest BCUT2D eigenvalue weighted by Crippen LogP contribution is 2.35. The van der Waals surface area contributed by atoms with Crippen molar-refractivity contribution in [3.8, 4) is 11.5 Å².